The quantitative estimate of drug-likeness (QED) is 0.712. The second kappa shape index (κ2) is 7.08. The zero-order valence-corrected chi connectivity index (χ0v) is 13.0. The van der Waals surface area contributed by atoms with Gasteiger partial charge < -0.3 is 14.0 Å². The van der Waals surface area contributed by atoms with Crippen LogP contribution in [0.25, 0.3) is 10.9 Å². The van der Waals surface area contributed by atoms with Crippen LogP contribution in [0.4, 0.5) is 0 Å². The maximum Gasteiger partial charge on any atom is 0.159 e. The number of aromatic nitrogens is 1. The molecule has 0 fully saturated rings. The molecule has 2 aromatic rings. The molecule has 0 N–H and O–H groups in total. The van der Waals surface area contributed by atoms with Crippen molar-refractivity contribution in [2.24, 2.45) is 0 Å². The minimum absolute atomic E-state index is 0.116. The summed E-state index contributed by atoms with van der Waals surface area (Å²) in [5.74, 6) is 0. The lowest BCUT2D eigenvalue weighted by molar-refractivity contribution is -0.140. The fourth-order valence-corrected chi connectivity index (χ4v) is 2.80. The van der Waals surface area contributed by atoms with Crippen LogP contribution in [0.1, 0.15) is 20.3 Å². The molecular formula is C15H20BrNO2. The summed E-state index contributed by atoms with van der Waals surface area (Å²) in [5.41, 5.74) is 1.24. The van der Waals surface area contributed by atoms with E-state index in [1.807, 2.05) is 13.8 Å². The number of ether oxygens (including phenoxy) is 2. The van der Waals surface area contributed by atoms with Gasteiger partial charge in [0.2, 0.25) is 0 Å². The molecule has 0 amide bonds. The molecule has 1 aromatic heterocycles. The molecule has 1 heterocycles. The number of hydrogen-bond donors (Lipinski definition) is 0. The summed E-state index contributed by atoms with van der Waals surface area (Å²) in [6, 6.07) is 8.38. The van der Waals surface area contributed by atoms with Crippen LogP contribution in [-0.2, 0) is 16.0 Å². The van der Waals surface area contributed by atoms with Crippen molar-refractivity contribution < 1.29 is 9.47 Å². The van der Waals surface area contributed by atoms with Crippen LogP contribution in [0.3, 0.4) is 0 Å². The number of halogens is 1. The molecule has 0 saturated heterocycles. The summed E-state index contributed by atoms with van der Waals surface area (Å²) in [6.07, 6.45) is 2.86. The van der Waals surface area contributed by atoms with E-state index in [1.54, 1.807) is 0 Å². The van der Waals surface area contributed by atoms with Gasteiger partial charge in [0.15, 0.2) is 6.29 Å². The molecule has 3 nitrogen and oxygen atoms in total. The highest BCUT2D eigenvalue weighted by molar-refractivity contribution is 9.10. The average molecular weight is 326 g/mol. The van der Waals surface area contributed by atoms with Crippen molar-refractivity contribution in [3.63, 3.8) is 0 Å². The first-order valence-corrected chi connectivity index (χ1v) is 7.52. The second-order valence-electron chi connectivity index (χ2n) is 4.32. The van der Waals surface area contributed by atoms with Gasteiger partial charge in [0.05, 0.1) is 0 Å². The normalized spacial score (nSPS) is 11.6. The van der Waals surface area contributed by atoms with Gasteiger partial charge in [-0.3, -0.25) is 0 Å². The van der Waals surface area contributed by atoms with E-state index in [0.717, 1.165) is 17.4 Å². The molecule has 4 heteroatoms. The Morgan fingerprint density at radius 1 is 1.16 bits per heavy atom. The van der Waals surface area contributed by atoms with E-state index < -0.39 is 0 Å². The van der Waals surface area contributed by atoms with Gasteiger partial charge in [-0.2, -0.15) is 0 Å². The molecule has 104 valence electrons. The Labute approximate surface area is 122 Å². The van der Waals surface area contributed by atoms with E-state index in [9.17, 15) is 0 Å². The predicted octanol–water partition coefficient (Wildman–Crippen LogP) is 4.19. The Hall–Kier alpha value is -0.840. The number of aryl methyl sites for hydroxylation is 1. The van der Waals surface area contributed by atoms with Crippen molar-refractivity contribution in [1.82, 2.24) is 4.57 Å². The molecule has 0 unspecified atom stereocenters. The molecule has 0 radical (unpaired) electrons. The van der Waals surface area contributed by atoms with E-state index >= 15 is 0 Å². The number of benzene rings is 1. The zero-order chi connectivity index (χ0) is 13.7. The summed E-state index contributed by atoms with van der Waals surface area (Å²) in [5, 5.41) is 1.24. The van der Waals surface area contributed by atoms with Gasteiger partial charge in [-0.15, -0.1) is 0 Å². The highest BCUT2D eigenvalue weighted by atomic mass is 79.9. The number of fused-ring (bicyclic) bond motifs is 1. The van der Waals surface area contributed by atoms with Crippen molar-refractivity contribution in [3.8, 4) is 0 Å². The molecular weight excluding hydrogens is 306 g/mol. The molecule has 2 rings (SSSR count). The molecule has 0 atom stereocenters. The van der Waals surface area contributed by atoms with Crippen LogP contribution in [0.5, 0.6) is 0 Å². The first kappa shape index (κ1) is 14.6. The number of hydrogen-bond acceptors (Lipinski definition) is 2. The lowest BCUT2D eigenvalue weighted by Gasteiger charge is -2.17. The van der Waals surface area contributed by atoms with E-state index in [4.69, 9.17) is 9.47 Å². The van der Waals surface area contributed by atoms with Gasteiger partial charge in [-0.25, -0.2) is 0 Å². The van der Waals surface area contributed by atoms with Crippen LogP contribution < -0.4 is 0 Å². The van der Waals surface area contributed by atoms with E-state index in [0.29, 0.717) is 13.2 Å². The van der Waals surface area contributed by atoms with Crippen LogP contribution in [-0.4, -0.2) is 24.1 Å². The standard InChI is InChI=1S/C15H20BrNO2/c1-3-18-15(19-4-2)9-10-17-11-13(16)12-7-5-6-8-14(12)17/h5-8,11,15H,3-4,9-10H2,1-2H3. The number of para-hydroxylation sites is 1. The van der Waals surface area contributed by atoms with E-state index in [2.05, 4.69) is 51.0 Å². The third kappa shape index (κ3) is 3.59. The Kier molecular flexibility index (Phi) is 5.43. The minimum atomic E-state index is -0.116. The fourth-order valence-electron chi connectivity index (χ4n) is 2.22. The highest BCUT2D eigenvalue weighted by Crippen LogP contribution is 2.26. The first-order valence-electron chi connectivity index (χ1n) is 6.72. The van der Waals surface area contributed by atoms with Crippen molar-refractivity contribution in [2.75, 3.05) is 13.2 Å². The van der Waals surface area contributed by atoms with E-state index in [1.165, 1.54) is 10.9 Å². The van der Waals surface area contributed by atoms with E-state index in [-0.39, 0.29) is 6.29 Å². The van der Waals surface area contributed by atoms with Gasteiger partial charge in [0.1, 0.15) is 0 Å². The summed E-state index contributed by atoms with van der Waals surface area (Å²) in [4.78, 5) is 0. The highest BCUT2D eigenvalue weighted by Gasteiger charge is 2.10. The summed E-state index contributed by atoms with van der Waals surface area (Å²) >= 11 is 3.60. The third-order valence-corrected chi connectivity index (χ3v) is 3.68. The SMILES string of the molecule is CCOC(CCn1cc(Br)c2ccccc21)OCC. The third-order valence-electron chi connectivity index (χ3n) is 3.05. The summed E-state index contributed by atoms with van der Waals surface area (Å²) < 4.78 is 14.5. The van der Waals surface area contributed by atoms with Crippen molar-refractivity contribution in [2.45, 2.75) is 33.1 Å². The molecule has 0 aliphatic carbocycles. The molecule has 0 bridgehead atoms. The molecule has 1 aromatic carbocycles. The van der Waals surface area contributed by atoms with Crippen molar-refractivity contribution in [3.05, 3.63) is 34.9 Å². The summed E-state index contributed by atoms with van der Waals surface area (Å²) in [6.45, 7) is 6.24. The van der Waals surface area contributed by atoms with Crippen LogP contribution in [0.15, 0.2) is 34.9 Å². The predicted molar refractivity (Wildman–Crippen MR) is 81.3 cm³/mol. The molecule has 0 saturated carbocycles. The van der Waals surface area contributed by atoms with Crippen LogP contribution >= 0.6 is 15.9 Å². The van der Waals surface area contributed by atoms with Gasteiger partial charge in [0, 0.05) is 47.8 Å². The maximum absolute atomic E-state index is 5.58. The Balaban J connectivity index is 2.08. The monoisotopic (exact) mass is 325 g/mol. The van der Waals surface area contributed by atoms with Crippen LogP contribution in [0.2, 0.25) is 0 Å². The Morgan fingerprint density at radius 2 is 1.84 bits per heavy atom. The van der Waals surface area contributed by atoms with Gasteiger partial charge >= 0.3 is 0 Å². The molecule has 0 aliphatic rings. The van der Waals surface area contributed by atoms with Crippen LogP contribution in [0, 0.1) is 0 Å². The number of nitrogens with zero attached hydrogens (tertiary/aromatic N) is 1. The topological polar surface area (TPSA) is 23.4 Å². The summed E-state index contributed by atoms with van der Waals surface area (Å²) in [7, 11) is 0. The molecule has 0 spiro atoms. The van der Waals surface area contributed by atoms with Crippen molar-refractivity contribution in [1.29, 1.82) is 0 Å². The van der Waals surface area contributed by atoms with Gasteiger partial charge in [-0.1, -0.05) is 18.2 Å². The maximum atomic E-state index is 5.58. The Bertz CT molecular complexity index is 518. The smallest absolute Gasteiger partial charge is 0.159 e. The van der Waals surface area contributed by atoms with Gasteiger partial charge in [0.25, 0.3) is 0 Å². The molecule has 19 heavy (non-hydrogen) atoms. The zero-order valence-electron chi connectivity index (χ0n) is 11.4. The average Bonchev–Trinajstić information content (AvgIpc) is 2.74. The lowest BCUT2D eigenvalue weighted by atomic mass is 10.2. The number of rotatable bonds is 7. The molecule has 0 aliphatic heterocycles. The minimum Gasteiger partial charge on any atom is -0.353 e. The largest absolute Gasteiger partial charge is 0.353 e. The van der Waals surface area contributed by atoms with Crippen molar-refractivity contribution >= 4 is 26.8 Å². The fraction of sp³-hybridized carbons (Fsp3) is 0.467. The lowest BCUT2D eigenvalue weighted by Crippen LogP contribution is -2.19. The second-order valence-corrected chi connectivity index (χ2v) is 5.17. The first-order chi connectivity index (χ1) is 9.26. The Morgan fingerprint density at radius 3 is 2.53 bits per heavy atom. The van der Waals surface area contributed by atoms with Gasteiger partial charge in [-0.05, 0) is 35.8 Å².